The fraction of sp³-hybridized carbons (Fsp3) is 0.155. The van der Waals surface area contributed by atoms with Crippen molar-refractivity contribution in [2.75, 3.05) is 19.4 Å². The molecule has 0 aliphatic carbocycles. The summed E-state index contributed by atoms with van der Waals surface area (Å²) >= 11 is 0. The molecule has 0 fully saturated rings. The van der Waals surface area contributed by atoms with Crippen LogP contribution < -0.4 is 4.72 Å². The first kappa shape index (κ1) is 50.9. The first-order valence-corrected chi connectivity index (χ1v) is 25.2. The van der Waals surface area contributed by atoms with E-state index in [0.29, 0.717) is 45.9 Å². The van der Waals surface area contributed by atoms with E-state index in [1.54, 1.807) is 0 Å². The van der Waals surface area contributed by atoms with Crippen LogP contribution in [0.15, 0.2) is 146 Å². The fourth-order valence-electron chi connectivity index (χ4n) is 9.20. The number of nitrogens with one attached hydrogen (secondary N) is 3. The molecule has 3 aromatic heterocycles. The third-order valence-corrected chi connectivity index (χ3v) is 13.0. The number of esters is 1. The Labute approximate surface area is 438 Å². The van der Waals surface area contributed by atoms with E-state index in [2.05, 4.69) is 160 Å². The number of benzene rings is 8. The van der Waals surface area contributed by atoms with Crippen molar-refractivity contribution in [2.45, 2.75) is 40.7 Å². The van der Waals surface area contributed by atoms with Crippen molar-refractivity contribution < 1.29 is 41.6 Å². The summed E-state index contributed by atoms with van der Waals surface area (Å²) in [6.07, 6.45) is 1.04. The second kappa shape index (κ2) is 20.1. The van der Waals surface area contributed by atoms with Gasteiger partial charge >= 0.3 is 5.97 Å². The van der Waals surface area contributed by atoms with E-state index in [9.17, 15) is 13.2 Å². The first-order valence-electron chi connectivity index (χ1n) is 23.3. The van der Waals surface area contributed by atoms with Crippen LogP contribution in [0.25, 0.3) is 133 Å². The Kier molecular flexibility index (Phi) is 13.9. The van der Waals surface area contributed by atoms with Gasteiger partial charge in [0.1, 0.15) is 28.2 Å². The van der Waals surface area contributed by atoms with Gasteiger partial charge in [-0.1, -0.05) is 104 Å². The molecule has 13 rings (SSSR count). The Morgan fingerprint density at radius 2 is 0.784 bits per heavy atom. The van der Waals surface area contributed by atoms with Gasteiger partial charge in [0.15, 0.2) is 23.3 Å². The van der Waals surface area contributed by atoms with Crippen molar-refractivity contribution in [3.8, 4) is 45.6 Å². The van der Waals surface area contributed by atoms with Crippen molar-refractivity contribution >= 4 is 103 Å². The van der Waals surface area contributed by atoms with E-state index < -0.39 is 10.0 Å². The number of sulfonamides is 1. The van der Waals surface area contributed by atoms with Gasteiger partial charge in [-0.15, -0.1) is 0 Å². The van der Waals surface area contributed by atoms with E-state index in [4.69, 9.17) is 39.7 Å². The molecule has 2 aliphatic heterocycles. The Balaban J connectivity index is 0.000000345. The van der Waals surface area contributed by atoms with Gasteiger partial charge < -0.3 is 19.8 Å². The van der Waals surface area contributed by atoms with E-state index in [-0.39, 0.29) is 50.6 Å². The maximum Gasteiger partial charge on any atom is 0.303 e. The average Bonchev–Trinajstić information content (AvgIpc) is 4.08. The Morgan fingerprint density at radius 3 is 0.973 bits per heavy atom. The predicted octanol–water partition coefficient (Wildman–Crippen LogP) is 12.2. The molecule has 14 nitrogen and oxygen atoms in total. The van der Waals surface area contributed by atoms with Gasteiger partial charge in [-0.3, -0.25) is 4.79 Å². The number of aromatic amines is 2. The molecule has 0 unspecified atom stereocenters. The summed E-state index contributed by atoms with van der Waals surface area (Å²) in [6, 6.07) is 50.9. The minimum absolute atomic E-state index is 0. The summed E-state index contributed by atoms with van der Waals surface area (Å²) in [6.45, 7) is 6.87. The number of ether oxygens (including phenoxy) is 1. The normalized spacial score (nSPS) is 11.8. The number of nitrogens with zero attached hydrogens (tertiary/aromatic N) is 6. The van der Waals surface area contributed by atoms with Crippen LogP contribution in [0.3, 0.4) is 0 Å². The maximum atomic E-state index is 10.2. The molecule has 8 aromatic carbocycles. The molecule has 1 radical (unpaired) electrons. The number of aliphatic hydroxyl groups is 1. The standard InChI is InChI=1S/C48H26N8.C6H12O2.C3H9NO3S.CH4.Cu.H2/c1-2-10-26-18-34-33(17-25(26)9-1)41-49-42(34)54-44-37-21-29-13-5-6-14-30(29)22-38(37)46(51-44)56-48-40-24-32-16-8-7-15-31(32)23-39(40)47(52-48)55-45-36-20-28-12-4-3-11-27(28)19-35(36)43(50-45)53-41;1-5(7)8-6(2,3)4;1-8(6,7)4-2-3-5;;;/h1-24H,(H2,49,50,51,52,53,54,55,56);1-4H3;4-5H,2-3H2,1H3;1H4;;1H. The van der Waals surface area contributed by atoms with E-state index >= 15 is 0 Å². The molecular formula is C58H53CuN9O5S. The fourth-order valence-corrected chi connectivity index (χ4v) is 9.66. The van der Waals surface area contributed by atoms with Gasteiger partial charge in [-0.05, 0) is 112 Å². The molecule has 2 aliphatic rings. The number of carbonyl (C=O) groups is 1. The number of fused-ring (bicyclic) bond motifs is 24. The van der Waals surface area contributed by atoms with Gasteiger partial charge in [-0.25, -0.2) is 43.0 Å². The summed E-state index contributed by atoms with van der Waals surface area (Å²) in [5.74, 6) is 2.10. The third kappa shape index (κ3) is 10.2. The number of rotatable bonds is 3. The van der Waals surface area contributed by atoms with Crippen LogP contribution in [0, 0.1) is 0 Å². The maximum absolute atomic E-state index is 10.2. The van der Waals surface area contributed by atoms with Gasteiger partial charge in [0.2, 0.25) is 10.0 Å². The van der Waals surface area contributed by atoms with E-state index in [1.165, 1.54) is 6.92 Å². The molecule has 8 bridgehead atoms. The molecule has 0 amide bonds. The predicted molar refractivity (Wildman–Crippen MR) is 296 cm³/mol. The van der Waals surface area contributed by atoms with Crippen molar-refractivity contribution in [1.82, 2.24) is 44.6 Å². The van der Waals surface area contributed by atoms with Crippen LogP contribution in [0.1, 0.15) is 36.5 Å². The van der Waals surface area contributed by atoms with Crippen LogP contribution in [0.4, 0.5) is 0 Å². The van der Waals surface area contributed by atoms with Crippen LogP contribution in [0.2, 0.25) is 0 Å². The molecule has 5 heterocycles. The van der Waals surface area contributed by atoms with Crippen molar-refractivity contribution in [2.24, 2.45) is 0 Å². The molecule has 4 N–H and O–H groups in total. The Bertz CT molecular complexity index is 3850. The second-order valence-corrected chi connectivity index (χ2v) is 20.5. The zero-order valence-corrected chi connectivity index (χ0v) is 42.0. The van der Waals surface area contributed by atoms with Gasteiger partial charge in [0.25, 0.3) is 0 Å². The van der Waals surface area contributed by atoms with Crippen molar-refractivity contribution in [3.05, 3.63) is 146 Å². The van der Waals surface area contributed by atoms with Crippen LogP contribution in [0.5, 0.6) is 0 Å². The topological polar surface area (TPSA) is 202 Å². The first-order chi connectivity index (χ1) is 34.6. The van der Waals surface area contributed by atoms with Gasteiger partial charge in [0.05, 0.1) is 12.9 Å². The summed E-state index contributed by atoms with van der Waals surface area (Å²) in [7, 11) is -3.10. The number of carbonyl (C=O) groups excluding carboxylic acids is 1. The Hall–Kier alpha value is -7.98. The summed E-state index contributed by atoms with van der Waals surface area (Å²) in [5, 5.41) is 20.8. The quantitative estimate of drug-likeness (QED) is 0.0969. The minimum atomic E-state index is -3.10. The number of hydrogen-bond donors (Lipinski definition) is 4. The molecule has 74 heavy (non-hydrogen) atoms. The van der Waals surface area contributed by atoms with Crippen LogP contribution >= 0.6 is 0 Å². The SMILES string of the molecule is C.CC(=O)OC(C)(C)C.CS(=O)(=O)NCCO.[Cu].[HH].c1ccc2cc3c(cc2c1)-c1nc-3nc2[nH]c(nc3nc(nc4[nH]c(n1)c1cc5ccccc5cc41)-c1cc4ccccc4cc1-3)c1cc3ccccc3cc21. The molecular weight excluding hydrogens is 998 g/mol. The number of aromatic nitrogens is 8. The molecule has 0 saturated heterocycles. The molecule has 377 valence electrons. The molecule has 16 heteroatoms. The molecule has 0 saturated carbocycles. The monoisotopic (exact) mass is 1050 g/mol. The number of H-pyrrole nitrogens is 2. The molecule has 0 spiro atoms. The van der Waals surface area contributed by atoms with Gasteiger partial charge in [0, 0.05) is 75.8 Å². The third-order valence-electron chi connectivity index (χ3n) is 12.2. The summed E-state index contributed by atoms with van der Waals surface area (Å²) < 4.78 is 27.2. The molecule has 0 atom stereocenters. The summed E-state index contributed by atoms with van der Waals surface area (Å²) in [4.78, 5) is 49.1. The van der Waals surface area contributed by atoms with Crippen LogP contribution in [-0.4, -0.2) is 84.4 Å². The zero-order chi connectivity index (χ0) is 49.9. The van der Waals surface area contributed by atoms with Gasteiger partial charge in [-0.2, -0.15) is 0 Å². The zero-order valence-electron chi connectivity index (χ0n) is 40.2. The minimum Gasteiger partial charge on any atom is -0.460 e. The number of hydrogen-bond acceptors (Lipinski definition) is 11. The number of aliphatic hydroxyl groups excluding tert-OH is 1. The largest absolute Gasteiger partial charge is 0.460 e. The molecule has 11 aromatic rings. The van der Waals surface area contributed by atoms with E-state index in [0.717, 1.165) is 93.1 Å². The summed E-state index contributed by atoms with van der Waals surface area (Å²) in [5.41, 5.74) is 6.01. The Morgan fingerprint density at radius 1 is 0.527 bits per heavy atom. The second-order valence-electron chi connectivity index (χ2n) is 18.7. The smallest absolute Gasteiger partial charge is 0.303 e. The average molecular weight is 1050 g/mol. The van der Waals surface area contributed by atoms with Crippen LogP contribution in [-0.2, 0) is 36.6 Å². The van der Waals surface area contributed by atoms with Crippen molar-refractivity contribution in [3.63, 3.8) is 0 Å². The van der Waals surface area contributed by atoms with E-state index in [1.807, 2.05) is 20.8 Å². The van der Waals surface area contributed by atoms with Crippen molar-refractivity contribution in [1.29, 1.82) is 0 Å².